The Morgan fingerprint density at radius 1 is 1.17 bits per heavy atom. The van der Waals surface area contributed by atoms with Crippen molar-refractivity contribution in [2.75, 3.05) is 12.4 Å². The summed E-state index contributed by atoms with van der Waals surface area (Å²) in [6.45, 7) is 3.76. The third kappa shape index (κ3) is 4.99. The van der Waals surface area contributed by atoms with Crippen LogP contribution in [0, 0.1) is 0 Å². The number of benzene rings is 1. The number of nitrogens with one attached hydrogen (secondary N) is 2. The van der Waals surface area contributed by atoms with E-state index in [4.69, 9.17) is 0 Å². The molecule has 6 heteroatoms. The second-order valence-electron chi connectivity index (χ2n) is 6.74. The summed E-state index contributed by atoms with van der Waals surface area (Å²) in [4.78, 5) is 33.3. The molecule has 0 saturated carbocycles. The van der Waals surface area contributed by atoms with Crippen molar-refractivity contribution in [3.05, 3.63) is 78.1 Å². The number of para-hydroxylation sites is 1. The molecule has 3 rings (SSSR count). The van der Waals surface area contributed by atoms with Crippen molar-refractivity contribution in [1.29, 1.82) is 0 Å². The molecule has 2 heterocycles. The lowest BCUT2D eigenvalue weighted by Gasteiger charge is -2.22. The SMILES string of the molecule is CC=CC(=O)Nc1ccc(C=CC(=O)N(C)C(C)c2cc3ccccc3[nH]2)cn1. The molecule has 1 atom stereocenters. The first-order valence-corrected chi connectivity index (χ1v) is 9.40. The number of carbonyl (C=O) groups excluding carboxylic acids is 2. The van der Waals surface area contributed by atoms with Gasteiger partial charge in [-0.3, -0.25) is 9.59 Å². The molecule has 3 aromatic rings. The lowest BCUT2D eigenvalue weighted by Crippen LogP contribution is -2.28. The summed E-state index contributed by atoms with van der Waals surface area (Å²) in [6, 6.07) is 13.5. The lowest BCUT2D eigenvalue weighted by atomic mass is 10.2. The predicted molar refractivity (Wildman–Crippen MR) is 116 cm³/mol. The number of anilines is 1. The maximum atomic E-state index is 12.6. The molecular formula is C23H24N4O2. The van der Waals surface area contributed by atoms with Crippen LogP contribution in [0.3, 0.4) is 0 Å². The van der Waals surface area contributed by atoms with Crippen LogP contribution in [0.1, 0.15) is 31.1 Å². The van der Waals surface area contributed by atoms with Gasteiger partial charge in [0.25, 0.3) is 0 Å². The first kappa shape index (κ1) is 20.1. The summed E-state index contributed by atoms with van der Waals surface area (Å²) in [7, 11) is 1.78. The van der Waals surface area contributed by atoms with E-state index in [9.17, 15) is 9.59 Å². The molecule has 2 aromatic heterocycles. The maximum absolute atomic E-state index is 12.6. The van der Waals surface area contributed by atoms with E-state index in [-0.39, 0.29) is 17.9 Å². The fourth-order valence-electron chi connectivity index (χ4n) is 2.90. The highest BCUT2D eigenvalue weighted by molar-refractivity contribution is 5.98. The molecule has 1 aromatic carbocycles. The van der Waals surface area contributed by atoms with Gasteiger partial charge in [-0.25, -0.2) is 4.98 Å². The largest absolute Gasteiger partial charge is 0.357 e. The molecule has 29 heavy (non-hydrogen) atoms. The maximum Gasteiger partial charge on any atom is 0.249 e. The van der Waals surface area contributed by atoms with Crippen LogP contribution in [0.25, 0.3) is 17.0 Å². The van der Waals surface area contributed by atoms with Crippen LogP contribution in [0.2, 0.25) is 0 Å². The summed E-state index contributed by atoms with van der Waals surface area (Å²) in [5, 5.41) is 3.78. The number of pyridine rings is 1. The number of hydrogen-bond acceptors (Lipinski definition) is 3. The monoisotopic (exact) mass is 388 g/mol. The minimum atomic E-state index is -0.231. The van der Waals surface area contributed by atoms with Crippen molar-refractivity contribution in [2.45, 2.75) is 19.9 Å². The fourth-order valence-corrected chi connectivity index (χ4v) is 2.90. The van der Waals surface area contributed by atoms with Crippen molar-refractivity contribution in [1.82, 2.24) is 14.9 Å². The average Bonchev–Trinajstić information content (AvgIpc) is 3.16. The van der Waals surface area contributed by atoms with E-state index in [1.165, 1.54) is 12.2 Å². The number of H-pyrrole nitrogens is 1. The van der Waals surface area contributed by atoms with Gasteiger partial charge in [-0.2, -0.15) is 0 Å². The van der Waals surface area contributed by atoms with Crippen LogP contribution in [0.15, 0.2) is 66.9 Å². The van der Waals surface area contributed by atoms with E-state index >= 15 is 0 Å². The molecule has 6 nitrogen and oxygen atoms in total. The number of carbonyl (C=O) groups is 2. The molecule has 2 N–H and O–H groups in total. The topological polar surface area (TPSA) is 78.1 Å². The van der Waals surface area contributed by atoms with E-state index in [1.54, 1.807) is 49.4 Å². The van der Waals surface area contributed by atoms with E-state index in [2.05, 4.69) is 21.4 Å². The fraction of sp³-hybridized carbons (Fsp3) is 0.174. The van der Waals surface area contributed by atoms with E-state index < -0.39 is 0 Å². The molecule has 0 aliphatic carbocycles. The molecule has 1 unspecified atom stereocenters. The van der Waals surface area contributed by atoms with Gasteiger partial charge in [-0.15, -0.1) is 0 Å². The Balaban J connectivity index is 1.63. The van der Waals surface area contributed by atoms with Gasteiger partial charge in [-0.1, -0.05) is 24.3 Å². The number of likely N-dealkylation sites (N-methyl/N-ethyl adjacent to an activating group) is 1. The minimum absolute atomic E-state index is 0.0955. The quantitative estimate of drug-likeness (QED) is 0.618. The van der Waals surface area contributed by atoms with E-state index in [0.717, 1.165) is 22.2 Å². The summed E-state index contributed by atoms with van der Waals surface area (Å²) in [5.74, 6) is 0.119. The predicted octanol–water partition coefficient (Wildman–Crippen LogP) is 4.31. The first-order valence-electron chi connectivity index (χ1n) is 9.40. The Bertz CT molecular complexity index is 1030. The highest BCUT2D eigenvalue weighted by Gasteiger charge is 2.17. The third-order valence-electron chi connectivity index (χ3n) is 4.70. The number of fused-ring (bicyclic) bond motifs is 1. The van der Waals surface area contributed by atoms with Crippen LogP contribution in [0.5, 0.6) is 0 Å². The van der Waals surface area contributed by atoms with Crippen molar-refractivity contribution in [3.63, 3.8) is 0 Å². The van der Waals surface area contributed by atoms with Crippen molar-refractivity contribution in [2.24, 2.45) is 0 Å². The number of nitrogens with zero attached hydrogens (tertiary/aromatic N) is 2. The number of hydrogen-bond donors (Lipinski definition) is 2. The first-order chi connectivity index (χ1) is 14.0. The average molecular weight is 388 g/mol. The number of allylic oxidation sites excluding steroid dienone is 1. The molecule has 0 radical (unpaired) electrons. The Kier molecular flexibility index (Phi) is 6.24. The molecule has 0 spiro atoms. The molecular weight excluding hydrogens is 364 g/mol. The van der Waals surface area contributed by atoms with Gasteiger partial charge in [0, 0.05) is 30.5 Å². The van der Waals surface area contributed by atoms with Gasteiger partial charge >= 0.3 is 0 Å². The molecule has 2 amide bonds. The third-order valence-corrected chi connectivity index (χ3v) is 4.70. The van der Waals surface area contributed by atoms with Gasteiger partial charge < -0.3 is 15.2 Å². The number of aromatic amines is 1. The van der Waals surface area contributed by atoms with Gasteiger partial charge in [0.05, 0.1) is 6.04 Å². The molecule has 0 aliphatic heterocycles. The molecule has 0 saturated heterocycles. The van der Waals surface area contributed by atoms with Crippen molar-refractivity contribution < 1.29 is 9.59 Å². The highest BCUT2D eigenvalue weighted by Crippen LogP contribution is 2.23. The zero-order chi connectivity index (χ0) is 20.8. The number of rotatable bonds is 6. The Morgan fingerprint density at radius 2 is 1.97 bits per heavy atom. The van der Waals surface area contributed by atoms with Gasteiger partial charge in [0.1, 0.15) is 5.82 Å². The zero-order valence-corrected chi connectivity index (χ0v) is 16.7. The van der Waals surface area contributed by atoms with Gasteiger partial charge in [0.2, 0.25) is 11.8 Å². The van der Waals surface area contributed by atoms with Crippen LogP contribution in [-0.4, -0.2) is 33.7 Å². The number of aromatic nitrogens is 2. The van der Waals surface area contributed by atoms with Gasteiger partial charge in [-0.05, 0) is 61.2 Å². The van der Waals surface area contributed by atoms with Crippen LogP contribution >= 0.6 is 0 Å². The molecule has 0 aliphatic rings. The Hall–Kier alpha value is -3.67. The lowest BCUT2D eigenvalue weighted by molar-refractivity contribution is -0.126. The van der Waals surface area contributed by atoms with Crippen LogP contribution < -0.4 is 5.32 Å². The Morgan fingerprint density at radius 3 is 2.66 bits per heavy atom. The highest BCUT2D eigenvalue weighted by atomic mass is 16.2. The van der Waals surface area contributed by atoms with Gasteiger partial charge in [0.15, 0.2) is 0 Å². The smallest absolute Gasteiger partial charge is 0.249 e. The second kappa shape index (κ2) is 9.01. The van der Waals surface area contributed by atoms with Crippen LogP contribution in [0.4, 0.5) is 5.82 Å². The standard InChI is InChI=1S/C23H24N4O2/c1-4-7-22(28)26-21-12-10-17(15-24-21)11-13-23(29)27(3)16(2)20-14-18-8-5-6-9-19(18)25-20/h4-16,25H,1-3H3,(H,24,26,28). The number of amides is 2. The van der Waals surface area contributed by atoms with E-state index in [1.807, 2.05) is 31.2 Å². The molecule has 148 valence electrons. The molecule has 0 bridgehead atoms. The molecule has 0 fully saturated rings. The van der Waals surface area contributed by atoms with Crippen molar-refractivity contribution >= 4 is 34.6 Å². The normalized spacial score (nSPS) is 12.5. The Labute approximate surface area is 170 Å². The summed E-state index contributed by atoms with van der Waals surface area (Å²) in [5.41, 5.74) is 2.81. The van der Waals surface area contributed by atoms with Crippen molar-refractivity contribution in [3.8, 4) is 0 Å². The summed E-state index contributed by atoms with van der Waals surface area (Å²) < 4.78 is 0. The second-order valence-corrected chi connectivity index (χ2v) is 6.74. The van der Waals surface area contributed by atoms with Crippen LogP contribution in [-0.2, 0) is 9.59 Å². The summed E-state index contributed by atoms with van der Waals surface area (Å²) >= 11 is 0. The minimum Gasteiger partial charge on any atom is -0.357 e. The van der Waals surface area contributed by atoms with E-state index in [0.29, 0.717) is 5.82 Å². The summed E-state index contributed by atoms with van der Waals surface area (Å²) in [6.07, 6.45) is 7.93. The zero-order valence-electron chi connectivity index (χ0n) is 16.7.